The summed E-state index contributed by atoms with van der Waals surface area (Å²) in [5.74, 6) is -0.420. The van der Waals surface area contributed by atoms with Crippen LogP contribution in [0.3, 0.4) is 0 Å². The van der Waals surface area contributed by atoms with E-state index >= 15 is 0 Å². The van der Waals surface area contributed by atoms with E-state index in [-0.39, 0.29) is 18.2 Å². The van der Waals surface area contributed by atoms with E-state index in [1.807, 2.05) is 13.8 Å². The molecule has 9 heteroatoms. The molecule has 3 amide bonds. The van der Waals surface area contributed by atoms with E-state index in [1.54, 1.807) is 78.1 Å². The Morgan fingerprint density at radius 2 is 1.68 bits per heavy atom. The summed E-state index contributed by atoms with van der Waals surface area (Å²) >= 11 is 0. The van der Waals surface area contributed by atoms with Crippen LogP contribution in [0.4, 0.5) is 10.5 Å². The molecule has 3 N–H and O–H groups in total. The van der Waals surface area contributed by atoms with Crippen LogP contribution in [-0.2, 0) is 14.3 Å². The highest BCUT2D eigenvalue weighted by Gasteiger charge is 2.37. The van der Waals surface area contributed by atoms with Gasteiger partial charge in [-0.05, 0) is 88.1 Å². The number of likely N-dealkylation sites (N-methyl/N-ethyl adjacent to an activating group) is 1. The molecule has 0 aliphatic heterocycles. The highest BCUT2D eigenvalue weighted by molar-refractivity contribution is 5.99. The van der Waals surface area contributed by atoms with Crippen LogP contribution in [0.1, 0.15) is 58.7 Å². The van der Waals surface area contributed by atoms with Crippen LogP contribution in [0.5, 0.6) is 11.5 Å². The highest BCUT2D eigenvalue weighted by Crippen LogP contribution is 2.29. The fourth-order valence-corrected chi connectivity index (χ4v) is 3.80. The molecule has 202 valence electrons. The minimum absolute atomic E-state index is 0.0825. The number of aromatic hydroxyl groups is 1. The molecule has 0 radical (unpaired) electrons. The van der Waals surface area contributed by atoms with Gasteiger partial charge in [0.05, 0.1) is 7.11 Å². The monoisotopic (exact) mass is 513 g/mol. The second kappa shape index (κ2) is 12.5. The first kappa shape index (κ1) is 29.5. The topological polar surface area (TPSA) is 117 Å². The summed E-state index contributed by atoms with van der Waals surface area (Å²) < 4.78 is 10.5. The van der Waals surface area contributed by atoms with Crippen LogP contribution >= 0.6 is 0 Å². The molecule has 0 saturated carbocycles. The van der Waals surface area contributed by atoms with Crippen LogP contribution < -0.4 is 15.4 Å². The Kier molecular flexibility index (Phi) is 9.94. The van der Waals surface area contributed by atoms with Gasteiger partial charge < -0.3 is 30.1 Å². The minimum atomic E-state index is -1.03. The quantitative estimate of drug-likeness (QED) is 0.444. The summed E-state index contributed by atoms with van der Waals surface area (Å²) in [5.41, 5.74) is 0.887. The number of methoxy groups -OCH3 is 1. The molecule has 0 fully saturated rings. The first-order valence-corrected chi connectivity index (χ1v) is 12.3. The first-order valence-electron chi connectivity index (χ1n) is 12.3. The maximum Gasteiger partial charge on any atom is 0.408 e. The first-order chi connectivity index (χ1) is 17.3. The summed E-state index contributed by atoms with van der Waals surface area (Å²) in [4.78, 5) is 41.4. The van der Waals surface area contributed by atoms with Crippen molar-refractivity contribution >= 4 is 23.6 Å². The zero-order chi connectivity index (χ0) is 27.9. The Labute approximate surface area is 219 Å². The predicted molar refractivity (Wildman–Crippen MR) is 143 cm³/mol. The van der Waals surface area contributed by atoms with Gasteiger partial charge >= 0.3 is 6.09 Å². The third-order valence-electron chi connectivity index (χ3n) is 5.68. The van der Waals surface area contributed by atoms with Gasteiger partial charge in [0, 0.05) is 12.2 Å². The number of phenols is 1. The van der Waals surface area contributed by atoms with Crippen molar-refractivity contribution in [3.8, 4) is 11.5 Å². The van der Waals surface area contributed by atoms with E-state index in [9.17, 15) is 19.5 Å². The fraction of sp³-hybridized carbons (Fsp3) is 0.464. The zero-order valence-electron chi connectivity index (χ0n) is 22.9. The molecule has 2 aromatic carbocycles. The van der Waals surface area contributed by atoms with Crippen molar-refractivity contribution < 1.29 is 29.0 Å². The van der Waals surface area contributed by atoms with Gasteiger partial charge in [0.2, 0.25) is 5.91 Å². The van der Waals surface area contributed by atoms with Gasteiger partial charge in [0.25, 0.3) is 5.91 Å². The van der Waals surface area contributed by atoms with Gasteiger partial charge in [-0.3, -0.25) is 9.59 Å². The number of hydrogen-bond donors (Lipinski definition) is 3. The van der Waals surface area contributed by atoms with Gasteiger partial charge in [-0.25, -0.2) is 4.79 Å². The summed E-state index contributed by atoms with van der Waals surface area (Å²) in [6.07, 6.45) is -0.713. The maximum absolute atomic E-state index is 13.8. The number of aryl methyl sites for hydroxylation is 1. The second-order valence-corrected chi connectivity index (χ2v) is 10.2. The molecule has 0 bridgehead atoms. The molecule has 9 nitrogen and oxygen atoms in total. The Morgan fingerprint density at radius 1 is 1.05 bits per heavy atom. The highest BCUT2D eigenvalue weighted by atomic mass is 16.6. The number of amides is 3. The third kappa shape index (κ3) is 8.13. The molecule has 0 heterocycles. The van der Waals surface area contributed by atoms with Gasteiger partial charge in [0.15, 0.2) is 0 Å². The van der Waals surface area contributed by atoms with Crippen molar-refractivity contribution in [2.24, 2.45) is 5.92 Å². The second-order valence-electron chi connectivity index (χ2n) is 10.2. The molecule has 0 aromatic heterocycles. The number of ether oxygens (including phenoxy) is 2. The number of hydrogen-bond acceptors (Lipinski definition) is 6. The lowest BCUT2D eigenvalue weighted by molar-refractivity contribution is -0.141. The van der Waals surface area contributed by atoms with E-state index < -0.39 is 35.6 Å². The van der Waals surface area contributed by atoms with E-state index in [0.717, 1.165) is 0 Å². The molecule has 0 aliphatic rings. The van der Waals surface area contributed by atoms with Gasteiger partial charge in [-0.15, -0.1) is 0 Å². The van der Waals surface area contributed by atoms with E-state index in [2.05, 4.69) is 10.6 Å². The summed E-state index contributed by atoms with van der Waals surface area (Å²) in [7, 11) is 1.55. The van der Waals surface area contributed by atoms with Crippen molar-refractivity contribution in [2.45, 2.75) is 66.2 Å². The number of rotatable bonds is 9. The molecule has 37 heavy (non-hydrogen) atoms. The average molecular weight is 514 g/mol. The summed E-state index contributed by atoms with van der Waals surface area (Å²) in [6, 6.07) is 9.68. The standard InChI is InChI=1S/C28H39N3O6/c1-9-31(26(34)23(17(2)3)30-27(35)37-28(5,6)7)24(19-10-15-22(32)18(4)16-19)25(33)29-20-11-13-21(36-8)14-12-20/h10-17,23-24,32H,9H2,1-8H3,(H,29,33)(H,30,35). The number of nitrogens with one attached hydrogen (secondary N) is 2. The van der Waals surface area contributed by atoms with Crippen molar-refractivity contribution in [3.63, 3.8) is 0 Å². The van der Waals surface area contributed by atoms with Gasteiger partial charge in [-0.2, -0.15) is 0 Å². The number of alkyl carbamates (subject to hydrolysis) is 1. The third-order valence-corrected chi connectivity index (χ3v) is 5.68. The van der Waals surface area contributed by atoms with Crippen LogP contribution in [-0.4, -0.2) is 53.2 Å². The number of anilines is 1. The normalized spacial score (nSPS) is 12.9. The zero-order valence-corrected chi connectivity index (χ0v) is 22.9. The molecule has 2 unspecified atom stereocenters. The van der Waals surface area contributed by atoms with Gasteiger partial charge in [0.1, 0.15) is 29.2 Å². The molecule has 2 rings (SSSR count). The van der Waals surface area contributed by atoms with Crippen LogP contribution in [0, 0.1) is 12.8 Å². The number of carbonyl (C=O) groups excluding carboxylic acids is 3. The molecule has 2 atom stereocenters. The number of carbonyl (C=O) groups is 3. The van der Waals surface area contributed by atoms with Gasteiger partial charge in [-0.1, -0.05) is 19.9 Å². The summed E-state index contributed by atoms with van der Waals surface area (Å²) in [6.45, 7) is 12.5. The number of benzene rings is 2. The van der Waals surface area contributed by atoms with Crippen molar-refractivity contribution in [2.75, 3.05) is 19.0 Å². The largest absolute Gasteiger partial charge is 0.508 e. The van der Waals surface area contributed by atoms with Crippen molar-refractivity contribution in [1.29, 1.82) is 0 Å². The van der Waals surface area contributed by atoms with Crippen LogP contribution in [0.15, 0.2) is 42.5 Å². The van der Waals surface area contributed by atoms with Crippen LogP contribution in [0.25, 0.3) is 0 Å². The van der Waals surface area contributed by atoms with E-state index in [4.69, 9.17) is 9.47 Å². The smallest absolute Gasteiger partial charge is 0.408 e. The molecule has 0 aliphatic carbocycles. The van der Waals surface area contributed by atoms with Crippen molar-refractivity contribution in [1.82, 2.24) is 10.2 Å². The molecule has 2 aromatic rings. The van der Waals surface area contributed by atoms with E-state index in [0.29, 0.717) is 22.6 Å². The fourth-order valence-electron chi connectivity index (χ4n) is 3.80. The Morgan fingerprint density at radius 3 is 2.16 bits per heavy atom. The molecular weight excluding hydrogens is 474 g/mol. The number of phenolic OH excluding ortho intramolecular Hbond substituents is 1. The van der Waals surface area contributed by atoms with Crippen LogP contribution in [0.2, 0.25) is 0 Å². The Hall–Kier alpha value is -3.75. The molecule has 0 saturated heterocycles. The average Bonchev–Trinajstić information content (AvgIpc) is 2.81. The summed E-state index contributed by atoms with van der Waals surface area (Å²) in [5, 5.41) is 15.6. The minimum Gasteiger partial charge on any atom is -0.508 e. The molecule has 0 spiro atoms. The molecular formula is C28H39N3O6. The Balaban J connectivity index is 2.46. The number of nitrogens with zero attached hydrogens (tertiary/aromatic N) is 1. The van der Waals surface area contributed by atoms with Crippen molar-refractivity contribution in [3.05, 3.63) is 53.6 Å². The lowest BCUT2D eigenvalue weighted by atomic mass is 9.97. The maximum atomic E-state index is 13.8. The lowest BCUT2D eigenvalue weighted by Gasteiger charge is -2.35. The SMILES string of the molecule is CCN(C(=O)C(NC(=O)OC(C)(C)C)C(C)C)C(C(=O)Nc1ccc(OC)cc1)c1ccc(O)c(C)c1. The Bertz CT molecular complexity index is 1090. The van der Waals surface area contributed by atoms with E-state index in [1.165, 1.54) is 11.0 Å². The lowest BCUT2D eigenvalue weighted by Crippen LogP contribution is -2.54. The predicted octanol–water partition coefficient (Wildman–Crippen LogP) is 4.79.